The molecule has 0 saturated heterocycles. The monoisotopic (exact) mass is 410 g/mol. The van der Waals surface area contributed by atoms with E-state index in [2.05, 4.69) is 40.7 Å². The van der Waals surface area contributed by atoms with Gasteiger partial charge in [-0.3, -0.25) is 0 Å². The highest BCUT2D eigenvalue weighted by molar-refractivity contribution is 5.88. The van der Waals surface area contributed by atoms with Gasteiger partial charge in [0.1, 0.15) is 5.75 Å². The Labute approximate surface area is 181 Å². The van der Waals surface area contributed by atoms with Gasteiger partial charge in [-0.1, -0.05) is 50.0 Å². The summed E-state index contributed by atoms with van der Waals surface area (Å²) in [6, 6.07) is 4.49. The van der Waals surface area contributed by atoms with Crippen molar-refractivity contribution in [3.63, 3.8) is 0 Å². The molecule has 1 fully saturated rings. The number of carboxylic acid groups (broad SMARTS) is 1. The van der Waals surface area contributed by atoms with Crippen LogP contribution in [0.3, 0.4) is 0 Å². The van der Waals surface area contributed by atoms with Crippen molar-refractivity contribution < 1.29 is 15.0 Å². The number of aromatic hydroxyl groups is 1. The van der Waals surface area contributed by atoms with Crippen LogP contribution in [0, 0.1) is 16.7 Å². The number of carboxylic acids is 1. The Morgan fingerprint density at radius 3 is 2.67 bits per heavy atom. The zero-order valence-corrected chi connectivity index (χ0v) is 19.3. The van der Waals surface area contributed by atoms with E-state index >= 15 is 0 Å². The predicted octanol–water partition coefficient (Wildman–Crippen LogP) is 7.30. The number of hydrogen-bond acceptors (Lipinski definition) is 2. The maximum Gasteiger partial charge on any atom is 0.335 e. The molecule has 3 nitrogen and oxygen atoms in total. The summed E-state index contributed by atoms with van der Waals surface area (Å²) >= 11 is 0. The van der Waals surface area contributed by atoms with E-state index in [0.717, 1.165) is 18.8 Å². The summed E-state index contributed by atoms with van der Waals surface area (Å²) in [5.74, 6) is -0.0259. The highest BCUT2D eigenvalue weighted by Crippen LogP contribution is 2.60. The second kappa shape index (κ2) is 8.61. The van der Waals surface area contributed by atoms with Crippen LogP contribution in [0.4, 0.5) is 0 Å². The number of aromatic carboxylic acids is 1. The first-order chi connectivity index (χ1) is 14.0. The van der Waals surface area contributed by atoms with Gasteiger partial charge in [0.05, 0.1) is 5.56 Å². The number of phenolic OH excluding ortho intramolecular Hbond substituents is 1. The molecule has 1 aromatic carbocycles. The van der Waals surface area contributed by atoms with Gasteiger partial charge >= 0.3 is 5.97 Å². The summed E-state index contributed by atoms with van der Waals surface area (Å²) in [6.07, 6.45) is 11.4. The van der Waals surface area contributed by atoms with Crippen LogP contribution in [-0.4, -0.2) is 16.2 Å². The average molecular weight is 411 g/mol. The molecule has 0 bridgehead atoms. The Hall–Kier alpha value is -2.03. The normalized spacial score (nSPS) is 26.4. The van der Waals surface area contributed by atoms with E-state index in [-0.39, 0.29) is 11.3 Å². The fraction of sp³-hybridized carbons (Fsp3) is 0.593. The van der Waals surface area contributed by atoms with Crippen LogP contribution in [0.1, 0.15) is 95.5 Å². The van der Waals surface area contributed by atoms with E-state index in [1.54, 1.807) is 17.2 Å². The lowest BCUT2D eigenvalue weighted by Gasteiger charge is -2.55. The molecule has 0 aliphatic heterocycles. The van der Waals surface area contributed by atoms with Crippen molar-refractivity contribution in [2.24, 2.45) is 16.7 Å². The van der Waals surface area contributed by atoms with Gasteiger partial charge < -0.3 is 10.2 Å². The molecule has 164 valence electrons. The summed E-state index contributed by atoms with van der Waals surface area (Å²) in [5.41, 5.74) is 6.24. The van der Waals surface area contributed by atoms with Gasteiger partial charge in [-0.25, -0.2) is 4.79 Å². The van der Waals surface area contributed by atoms with Gasteiger partial charge in [0.25, 0.3) is 0 Å². The van der Waals surface area contributed by atoms with Crippen molar-refractivity contribution in [1.29, 1.82) is 0 Å². The van der Waals surface area contributed by atoms with E-state index in [1.807, 2.05) is 0 Å². The Morgan fingerprint density at radius 2 is 1.97 bits per heavy atom. The molecule has 0 spiro atoms. The van der Waals surface area contributed by atoms with Crippen molar-refractivity contribution in [3.05, 3.63) is 52.1 Å². The first-order valence-corrected chi connectivity index (χ1v) is 11.4. The highest BCUT2D eigenvalue weighted by Gasteiger charge is 2.49. The fourth-order valence-electron chi connectivity index (χ4n) is 6.28. The van der Waals surface area contributed by atoms with E-state index in [4.69, 9.17) is 0 Å². The summed E-state index contributed by atoms with van der Waals surface area (Å²) in [7, 11) is 0. The number of allylic oxidation sites excluding steroid dienone is 4. The molecule has 3 rings (SSSR count). The Morgan fingerprint density at radius 1 is 1.23 bits per heavy atom. The van der Waals surface area contributed by atoms with E-state index < -0.39 is 5.97 Å². The van der Waals surface area contributed by atoms with Crippen molar-refractivity contribution in [2.75, 3.05) is 0 Å². The molecule has 2 atom stereocenters. The topological polar surface area (TPSA) is 57.5 Å². The molecule has 30 heavy (non-hydrogen) atoms. The molecular weight excluding hydrogens is 372 g/mol. The predicted molar refractivity (Wildman–Crippen MR) is 123 cm³/mol. The Bertz CT molecular complexity index is 874. The lowest BCUT2D eigenvalue weighted by molar-refractivity contribution is 0.0105. The summed E-state index contributed by atoms with van der Waals surface area (Å²) in [5, 5.41) is 19.3. The minimum Gasteiger partial charge on any atom is -0.508 e. The molecule has 1 aromatic rings. The van der Waals surface area contributed by atoms with Gasteiger partial charge in [-0.15, -0.1) is 0 Å². The number of hydrogen-bond donors (Lipinski definition) is 2. The molecule has 0 heterocycles. The molecule has 0 radical (unpaired) electrons. The van der Waals surface area contributed by atoms with Crippen LogP contribution in [0.5, 0.6) is 5.75 Å². The second-order valence-corrected chi connectivity index (χ2v) is 10.5. The van der Waals surface area contributed by atoms with E-state index in [0.29, 0.717) is 22.8 Å². The standard InChI is InChI=1S/C27H38O3/c1-18(7-10-20-17-21(25(29)30)11-13-23(20)28)8-12-22-19(2)9-14-24-26(3,4)15-6-16-27(22,24)5/h7,11,13,17,24,28H,6,8-10,12,14-16H2,1-5H3,(H,29,30)/b18-7+. The lowest BCUT2D eigenvalue weighted by atomic mass is 9.50. The SMILES string of the molecule is CC1=C(CC/C(C)=C/Cc2cc(C(=O)O)ccc2O)C2(C)CCCC(C)(C)C2CC1. The van der Waals surface area contributed by atoms with Crippen LogP contribution in [0.2, 0.25) is 0 Å². The van der Waals surface area contributed by atoms with Crippen molar-refractivity contribution in [3.8, 4) is 5.75 Å². The van der Waals surface area contributed by atoms with Crippen molar-refractivity contribution in [1.82, 2.24) is 0 Å². The van der Waals surface area contributed by atoms with Crippen molar-refractivity contribution in [2.45, 2.75) is 86.0 Å². The van der Waals surface area contributed by atoms with Gasteiger partial charge in [0, 0.05) is 0 Å². The lowest BCUT2D eigenvalue weighted by Crippen LogP contribution is -2.45. The van der Waals surface area contributed by atoms with Crippen LogP contribution in [0.15, 0.2) is 41.0 Å². The summed E-state index contributed by atoms with van der Waals surface area (Å²) < 4.78 is 0. The number of fused-ring (bicyclic) bond motifs is 1. The van der Waals surface area contributed by atoms with Crippen LogP contribution >= 0.6 is 0 Å². The fourth-order valence-corrected chi connectivity index (χ4v) is 6.28. The summed E-state index contributed by atoms with van der Waals surface area (Å²) in [4.78, 5) is 11.2. The molecule has 2 aliphatic carbocycles. The zero-order valence-electron chi connectivity index (χ0n) is 19.3. The van der Waals surface area contributed by atoms with Gasteiger partial charge in [-0.2, -0.15) is 0 Å². The molecule has 2 N–H and O–H groups in total. The molecule has 0 amide bonds. The van der Waals surface area contributed by atoms with E-state index in [1.165, 1.54) is 49.8 Å². The largest absolute Gasteiger partial charge is 0.508 e. The average Bonchev–Trinajstić information content (AvgIpc) is 2.65. The molecule has 2 aliphatic rings. The van der Waals surface area contributed by atoms with Crippen molar-refractivity contribution >= 4 is 5.97 Å². The van der Waals surface area contributed by atoms with Crippen LogP contribution < -0.4 is 0 Å². The number of phenols is 1. The number of carbonyl (C=O) groups is 1. The molecule has 2 unspecified atom stereocenters. The van der Waals surface area contributed by atoms with Gasteiger partial charge in [0.15, 0.2) is 0 Å². The smallest absolute Gasteiger partial charge is 0.335 e. The minimum atomic E-state index is -0.963. The second-order valence-electron chi connectivity index (χ2n) is 10.5. The van der Waals surface area contributed by atoms with E-state index in [9.17, 15) is 15.0 Å². The van der Waals surface area contributed by atoms with Crippen LogP contribution in [-0.2, 0) is 6.42 Å². The third-order valence-electron chi connectivity index (χ3n) is 8.01. The molecule has 0 aromatic heterocycles. The third kappa shape index (κ3) is 4.50. The molecule has 3 heteroatoms. The first-order valence-electron chi connectivity index (χ1n) is 11.4. The maximum absolute atomic E-state index is 11.2. The minimum absolute atomic E-state index is 0.162. The molecule has 1 saturated carbocycles. The number of rotatable bonds is 6. The Kier molecular flexibility index (Phi) is 6.50. The van der Waals surface area contributed by atoms with Crippen LogP contribution in [0.25, 0.3) is 0 Å². The molecular formula is C27H38O3. The third-order valence-corrected chi connectivity index (χ3v) is 8.01. The Balaban J connectivity index is 1.71. The van der Waals surface area contributed by atoms with Gasteiger partial charge in [0.2, 0.25) is 0 Å². The maximum atomic E-state index is 11.2. The summed E-state index contributed by atoms with van der Waals surface area (Å²) in [6.45, 7) is 12.0. The number of benzene rings is 1. The zero-order chi connectivity index (χ0) is 22.1. The first kappa shape index (κ1) is 22.7. The highest BCUT2D eigenvalue weighted by atomic mass is 16.4. The quantitative estimate of drug-likeness (QED) is 0.484. The van der Waals surface area contributed by atoms with Gasteiger partial charge in [-0.05, 0) is 99.3 Å².